The second-order valence-electron chi connectivity index (χ2n) is 5.46. The summed E-state index contributed by atoms with van der Waals surface area (Å²) in [5.41, 5.74) is -0.168. The van der Waals surface area contributed by atoms with Gasteiger partial charge in [-0.25, -0.2) is 13.9 Å². The molecule has 3 rings (SSSR count). The number of aromatic nitrogens is 2. The Labute approximate surface area is 147 Å². The van der Waals surface area contributed by atoms with Crippen LogP contribution in [-0.2, 0) is 16.6 Å². The quantitative estimate of drug-likeness (QED) is 0.722. The molecule has 0 aliphatic heterocycles. The van der Waals surface area contributed by atoms with Gasteiger partial charge < -0.3 is 10.1 Å². The maximum absolute atomic E-state index is 13.1. The number of carbonyl (C=O) groups excluding carboxylic acids is 2. The SMILES string of the molecule is Cn1nc(C(=O)OCC(=O)Nc2cccc(F)c2)c2ccccc2c1=O. The first-order valence-electron chi connectivity index (χ1n) is 7.64. The van der Waals surface area contributed by atoms with Crippen molar-refractivity contribution in [2.24, 2.45) is 7.05 Å². The summed E-state index contributed by atoms with van der Waals surface area (Å²) in [7, 11) is 1.42. The summed E-state index contributed by atoms with van der Waals surface area (Å²) in [6.45, 7) is -0.575. The second-order valence-corrected chi connectivity index (χ2v) is 5.46. The maximum atomic E-state index is 13.1. The van der Waals surface area contributed by atoms with E-state index < -0.39 is 24.3 Å². The van der Waals surface area contributed by atoms with Crippen LogP contribution in [-0.4, -0.2) is 28.3 Å². The Hall–Kier alpha value is -3.55. The van der Waals surface area contributed by atoms with E-state index in [1.165, 1.54) is 25.2 Å². The van der Waals surface area contributed by atoms with Crippen molar-refractivity contribution in [2.45, 2.75) is 0 Å². The van der Waals surface area contributed by atoms with Crippen LogP contribution in [0.5, 0.6) is 0 Å². The molecule has 0 spiro atoms. The summed E-state index contributed by atoms with van der Waals surface area (Å²) in [5, 5.41) is 7.00. The van der Waals surface area contributed by atoms with Gasteiger partial charge in [0.05, 0.1) is 5.39 Å². The van der Waals surface area contributed by atoms with Crippen LogP contribution in [0.1, 0.15) is 10.5 Å². The van der Waals surface area contributed by atoms with E-state index in [4.69, 9.17) is 4.74 Å². The van der Waals surface area contributed by atoms with Crippen molar-refractivity contribution in [3.05, 3.63) is 70.4 Å². The zero-order chi connectivity index (χ0) is 18.7. The molecule has 0 atom stereocenters. The largest absolute Gasteiger partial charge is 0.451 e. The topological polar surface area (TPSA) is 90.3 Å². The number of ether oxygens (including phenoxy) is 1. The molecule has 2 aromatic carbocycles. The van der Waals surface area contributed by atoms with Crippen LogP contribution < -0.4 is 10.9 Å². The first-order valence-corrected chi connectivity index (χ1v) is 7.64. The fourth-order valence-electron chi connectivity index (χ4n) is 2.41. The van der Waals surface area contributed by atoms with Crippen molar-refractivity contribution in [1.29, 1.82) is 0 Å². The summed E-state index contributed by atoms with van der Waals surface area (Å²) in [6.07, 6.45) is 0. The highest BCUT2D eigenvalue weighted by molar-refractivity contribution is 6.03. The smallest absolute Gasteiger partial charge is 0.359 e. The van der Waals surface area contributed by atoms with Gasteiger partial charge in [-0.05, 0) is 24.3 Å². The highest BCUT2D eigenvalue weighted by Gasteiger charge is 2.18. The van der Waals surface area contributed by atoms with Gasteiger partial charge in [0.15, 0.2) is 12.3 Å². The summed E-state index contributed by atoms with van der Waals surface area (Å²) in [4.78, 5) is 36.2. The molecule has 0 aliphatic rings. The molecule has 0 saturated heterocycles. The predicted octanol–water partition coefficient (Wildman–Crippen LogP) is 1.87. The van der Waals surface area contributed by atoms with Crippen LogP contribution in [0.25, 0.3) is 10.8 Å². The Morgan fingerprint density at radius 2 is 1.88 bits per heavy atom. The van der Waals surface area contributed by atoms with E-state index in [2.05, 4.69) is 10.4 Å². The number of rotatable bonds is 4. The fraction of sp³-hybridized carbons (Fsp3) is 0.111. The Morgan fingerprint density at radius 1 is 1.15 bits per heavy atom. The summed E-state index contributed by atoms with van der Waals surface area (Å²) in [5.74, 6) is -1.97. The van der Waals surface area contributed by atoms with E-state index >= 15 is 0 Å². The molecule has 0 bridgehead atoms. The molecule has 1 heterocycles. The molecule has 7 nitrogen and oxygen atoms in total. The lowest BCUT2D eigenvalue weighted by molar-refractivity contribution is -0.119. The number of benzene rings is 2. The van der Waals surface area contributed by atoms with Crippen LogP contribution in [0.15, 0.2) is 53.3 Å². The average molecular weight is 355 g/mol. The monoisotopic (exact) mass is 355 g/mol. The Morgan fingerprint density at radius 3 is 2.62 bits per heavy atom. The highest BCUT2D eigenvalue weighted by atomic mass is 19.1. The van der Waals surface area contributed by atoms with Gasteiger partial charge in [-0.15, -0.1) is 0 Å². The standard InChI is InChI=1S/C18H14FN3O4/c1-22-17(24)14-8-3-2-7-13(14)16(21-22)18(25)26-10-15(23)20-12-6-4-5-11(19)9-12/h2-9H,10H2,1H3,(H,20,23). The van der Waals surface area contributed by atoms with Crippen molar-refractivity contribution >= 4 is 28.3 Å². The van der Waals surface area contributed by atoms with Gasteiger partial charge >= 0.3 is 5.97 Å². The summed E-state index contributed by atoms with van der Waals surface area (Å²) >= 11 is 0. The second kappa shape index (κ2) is 7.14. The molecular weight excluding hydrogens is 341 g/mol. The Kier molecular flexibility index (Phi) is 4.74. The number of hydrogen-bond acceptors (Lipinski definition) is 5. The molecule has 1 aromatic heterocycles. The number of halogens is 1. The van der Waals surface area contributed by atoms with Crippen LogP contribution in [0.4, 0.5) is 10.1 Å². The van der Waals surface area contributed by atoms with Crippen molar-refractivity contribution in [3.63, 3.8) is 0 Å². The molecule has 1 amide bonds. The van der Waals surface area contributed by atoms with E-state index in [0.717, 1.165) is 10.7 Å². The molecule has 1 N–H and O–H groups in total. The lowest BCUT2D eigenvalue weighted by atomic mass is 10.1. The maximum Gasteiger partial charge on any atom is 0.359 e. The summed E-state index contributed by atoms with van der Waals surface area (Å²) < 4.78 is 19.1. The van der Waals surface area contributed by atoms with E-state index in [9.17, 15) is 18.8 Å². The Balaban J connectivity index is 1.75. The van der Waals surface area contributed by atoms with E-state index in [0.29, 0.717) is 10.8 Å². The zero-order valence-electron chi connectivity index (χ0n) is 13.7. The van der Waals surface area contributed by atoms with Crippen molar-refractivity contribution in [2.75, 3.05) is 11.9 Å². The summed E-state index contributed by atoms with van der Waals surface area (Å²) in [6, 6.07) is 11.8. The third-order valence-corrected chi connectivity index (χ3v) is 3.59. The van der Waals surface area contributed by atoms with Gasteiger partial charge in [0.25, 0.3) is 11.5 Å². The average Bonchev–Trinajstić information content (AvgIpc) is 2.63. The van der Waals surface area contributed by atoms with Gasteiger partial charge in [-0.3, -0.25) is 9.59 Å². The van der Waals surface area contributed by atoms with E-state index in [1.54, 1.807) is 24.3 Å². The number of amides is 1. The van der Waals surface area contributed by atoms with Gasteiger partial charge in [-0.1, -0.05) is 24.3 Å². The first kappa shape index (κ1) is 17.3. The minimum absolute atomic E-state index is 0.0683. The van der Waals surface area contributed by atoms with Crippen LogP contribution in [0, 0.1) is 5.82 Å². The number of aryl methyl sites for hydroxylation is 1. The number of anilines is 1. The number of esters is 1. The lowest BCUT2D eigenvalue weighted by Gasteiger charge is -2.09. The highest BCUT2D eigenvalue weighted by Crippen LogP contribution is 2.14. The van der Waals surface area contributed by atoms with E-state index in [1.807, 2.05) is 0 Å². The van der Waals surface area contributed by atoms with Crippen LogP contribution in [0.2, 0.25) is 0 Å². The molecule has 0 saturated carbocycles. The van der Waals surface area contributed by atoms with Crippen LogP contribution >= 0.6 is 0 Å². The third-order valence-electron chi connectivity index (χ3n) is 3.59. The minimum atomic E-state index is -0.841. The predicted molar refractivity (Wildman–Crippen MR) is 92.3 cm³/mol. The fourth-order valence-corrected chi connectivity index (χ4v) is 2.41. The van der Waals surface area contributed by atoms with Gasteiger partial charge in [0.2, 0.25) is 0 Å². The number of nitrogens with one attached hydrogen (secondary N) is 1. The van der Waals surface area contributed by atoms with Crippen molar-refractivity contribution in [1.82, 2.24) is 9.78 Å². The third kappa shape index (κ3) is 3.59. The first-order chi connectivity index (χ1) is 12.5. The molecule has 0 fully saturated rings. The molecule has 0 radical (unpaired) electrons. The minimum Gasteiger partial charge on any atom is -0.451 e. The molecule has 0 unspecified atom stereocenters. The van der Waals surface area contributed by atoms with Gasteiger partial charge in [0, 0.05) is 18.1 Å². The molecule has 8 heteroatoms. The van der Waals surface area contributed by atoms with Crippen molar-refractivity contribution < 1.29 is 18.7 Å². The molecule has 0 aliphatic carbocycles. The number of hydrogen-bond donors (Lipinski definition) is 1. The van der Waals surface area contributed by atoms with E-state index in [-0.39, 0.29) is 16.9 Å². The molecular formula is C18H14FN3O4. The van der Waals surface area contributed by atoms with Gasteiger partial charge in [0.1, 0.15) is 5.82 Å². The van der Waals surface area contributed by atoms with Gasteiger partial charge in [-0.2, -0.15) is 5.10 Å². The van der Waals surface area contributed by atoms with Crippen molar-refractivity contribution in [3.8, 4) is 0 Å². The number of nitrogens with zero attached hydrogens (tertiary/aromatic N) is 2. The number of fused-ring (bicyclic) bond motifs is 1. The molecule has 26 heavy (non-hydrogen) atoms. The Bertz CT molecular complexity index is 1060. The number of carbonyl (C=O) groups is 2. The molecule has 132 valence electrons. The lowest BCUT2D eigenvalue weighted by Crippen LogP contribution is -2.26. The molecule has 3 aromatic rings. The van der Waals surface area contributed by atoms with Crippen LogP contribution in [0.3, 0.4) is 0 Å². The normalized spacial score (nSPS) is 10.5. The zero-order valence-corrected chi connectivity index (χ0v) is 13.7.